The summed E-state index contributed by atoms with van der Waals surface area (Å²) in [4.78, 5) is 0. The zero-order valence-corrected chi connectivity index (χ0v) is 7.51. The molecule has 0 aliphatic carbocycles. The van der Waals surface area contributed by atoms with Crippen LogP contribution in [0.1, 0.15) is 5.56 Å². The first kappa shape index (κ1) is 8.50. The molecule has 0 saturated heterocycles. The predicted molar refractivity (Wildman–Crippen MR) is 54.6 cm³/mol. The van der Waals surface area contributed by atoms with Gasteiger partial charge in [-0.1, -0.05) is 0 Å². The molecule has 3 N–H and O–H groups in total. The van der Waals surface area contributed by atoms with Crippen LogP contribution in [0.25, 0.3) is 5.69 Å². The number of benzene rings is 1. The van der Waals surface area contributed by atoms with E-state index in [1.807, 2.05) is 24.4 Å². The lowest BCUT2D eigenvalue weighted by Crippen LogP contribution is -2.10. The van der Waals surface area contributed by atoms with Gasteiger partial charge in [-0.25, -0.2) is 4.68 Å². The highest BCUT2D eigenvalue weighted by Crippen LogP contribution is 2.07. The summed E-state index contributed by atoms with van der Waals surface area (Å²) in [6.07, 6.45) is 3.58. The van der Waals surface area contributed by atoms with E-state index in [2.05, 4.69) is 5.10 Å². The Kier molecular flexibility index (Phi) is 2.02. The topological polar surface area (TPSA) is 67.7 Å². The van der Waals surface area contributed by atoms with Gasteiger partial charge in [0.1, 0.15) is 5.84 Å². The van der Waals surface area contributed by atoms with E-state index in [1.165, 1.54) is 0 Å². The second-order valence-corrected chi connectivity index (χ2v) is 2.91. The summed E-state index contributed by atoms with van der Waals surface area (Å²) in [6, 6.07) is 9.23. The number of rotatable bonds is 2. The van der Waals surface area contributed by atoms with E-state index in [4.69, 9.17) is 11.1 Å². The largest absolute Gasteiger partial charge is 0.384 e. The average Bonchev–Trinajstić information content (AvgIpc) is 2.71. The molecule has 2 aromatic rings. The first-order valence-corrected chi connectivity index (χ1v) is 4.22. The van der Waals surface area contributed by atoms with Crippen molar-refractivity contribution in [2.45, 2.75) is 0 Å². The number of hydrogen-bond acceptors (Lipinski definition) is 2. The molecule has 0 radical (unpaired) electrons. The van der Waals surface area contributed by atoms with Crippen LogP contribution in [0.2, 0.25) is 0 Å². The van der Waals surface area contributed by atoms with Gasteiger partial charge in [-0.2, -0.15) is 5.10 Å². The molecule has 0 atom stereocenters. The minimum Gasteiger partial charge on any atom is -0.384 e. The number of nitrogens with one attached hydrogen (secondary N) is 1. The molecule has 4 nitrogen and oxygen atoms in total. The van der Waals surface area contributed by atoms with E-state index >= 15 is 0 Å². The van der Waals surface area contributed by atoms with E-state index in [9.17, 15) is 0 Å². The highest BCUT2D eigenvalue weighted by Gasteiger charge is 1.97. The Morgan fingerprint density at radius 3 is 2.50 bits per heavy atom. The molecular weight excluding hydrogens is 176 g/mol. The molecule has 0 aliphatic heterocycles. The predicted octanol–water partition coefficient (Wildman–Crippen LogP) is 1.16. The van der Waals surface area contributed by atoms with Gasteiger partial charge < -0.3 is 5.73 Å². The van der Waals surface area contributed by atoms with Crippen LogP contribution in [0, 0.1) is 5.41 Å². The fraction of sp³-hybridized carbons (Fsp3) is 0. The van der Waals surface area contributed by atoms with Crippen molar-refractivity contribution in [3.8, 4) is 5.69 Å². The van der Waals surface area contributed by atoms with E-state index in [-0.39, 0.29) is 5.84 Å². The number of aromatic nitrogens is 2. The molecule has 0 aliphatic rings. The Bertz CT molecular complexity index is 428. The highest BCUT2D eigenvalue weighted by atomic mass is 15.3. The van der Waals surface area contributed by atoms with Gasteiger partial charge in [0, 0.05) is 18.0 Å². The monoisotopic (exact) mass is 186 g/mol. The quantitative estimate of drug-likeness (QED) is 0.545. The first-order valence-electron chi connectivity index (χ1n) is 4.22. The van der Waals surface area contributed by atoms with Crippen molar-refractivity contribution in [3.05, 3.63) is 48.3 Å². The summed E-state index contributed by atoms with van der Waals surface area (Å²) in [5.74, 6) is 0.0806. The molecule has 0 unspecified atom stereocenters. The van der Waals surface area contributed by atoms with E-state index in [0.717, 1.165) is 11.3 Å². The molecule has 2 rings (SSSR count). The maximum Gasteiger partial charge on any atom is 0.122 e. The molecular formula is C10H10N4. The van der Waals surface area contributed by atoms with Gasteiger partial charge in [0.25, 0.3) is 0 Å². The zero-order chi connectivity index (χ0) is 9.97. The van der Waals surface area contributed by atoms with Crippen molar-refractivity contribution in [1.82, 2.24) is 9.78 Å². The SMILES string of the molecule is N=C(N)c1ccc(-n2cccn2)cc1. The third kappa shape index (κ3) is 1.50. The van der Waals surface area contributed by atoms with E-state index in [0.29, 0.717) is 0 Å². The molecule has 4 heteroatoms. The summed E-state index contributed by atoms with van der Waals surface area (Å²) in [5.41, 5.74) is 7.02. The minimum absolute atomic E-state index is 0.0806. The summed E-state index contributed by atoms with van der Waals surface area (Å²) < 4.78 is 1.75. The highest BCUT2D eigenvalue weighted by molar-refractivity contribution is 5.95. The van der Waals surface area contributed by atoms with Crippen LogP contribution in [0.5, 0.6) is 0 Å². The van der Waals surface area contributed by atoms with Gasteiger partial charge in [0.05, 0.1) is 5.69 Å². The standard InChI is InChI=1S/C10H10N4/c11-10(12)8-2-4-9(5-3-8)14-7-1-6-13-14/h1-7H,(H3,11,12). The van der Waals surface area contributed by atoms with Gasteiger partial charge in [-0.3, -0.25) is 5.41 Å². The number of nitrogens with two attached hydrogens (primary N) is 1. The fourth-order valence-electron chi connectivity index (χ4n) is 1.22. The Hall–Kier alpha value is -2.10. The van der Waals surface area contributed by atoms with Crippen LogP contribution in [0.3, 0.4) is 0 Å². The van der Waals surface area contributed by atoms with Crippen LogP contribution in [0.4, 0.5) is 0 Å². The summed E-state index contributed by atoms with van der Waals surface area (Å²) >= 11 is 0. The normalized spacial score (nSPS) is 10.0. The van der Waals surface area contributed by atoms with Crippen LogP contribution in [-0.2, 0) is 0 Å². The number of hydrogen-bond donors (Lipinski definition) is 2. The molecule has 14 heavy (non-hydrogen) atoms. The first-order chi connectivity index (χ1) is 6.77. The minimum atomic E-state index is 0.0806. The van der Waals surface area contributed by atoms with E-state index < -0.39 is 0 Å². The molecule has 0 fully saturated rings. The molecule has 0 bridgehead atoms. The number of amidine groups is 1. The molecule has 0 spiro atoms. The maximum atomic E-state index is 7.24. The number of nitrogens with zero attached hydrogens (tertiary/aromatic N) is 2. The summed E-state index contributed by atoms with van der Waals surface area (Å²) in [7, 11) is 0. The van der Waals surface area contributed by atoms with Gasteiger partial charge in [-0.15, -0.1) is 0 Å². The summed E-state index contributed by atoms with van der Waals surface area (Å²) in [6.45, 7) is 0. The van der Waals surface area contributed by atoms with Crippen molar-refractivity contribution < 1.29 is 0 Å². The smallest absolute Gasteiger partial charge is 0.122 e. The molecule has 1 aromatic heterocycles. The van der Waals surface area contributed by atoms with Crippen molar-refractivity contribution in [3.63, 3.8) is 0 Å². The van der Waals surface area contributed by atoms with Crippen molar-refractivity contribution in [2.24, 2.45) is 5.73 Å². The van der Waals surface area contributed by atoms with Crippen LogP contribution in [-0.4, -0.2) is 15.6 Å². The fourth-order valence-corrected chi connectivity index (χ4v) is 1.22. The maximum absolute atomic E-state index is 7.24. The third-order valence-corrected chi connectivity index (χ3v) is 1.95. The Morgan fingerprint density at radius 2 is 2.00 bits per heavy atom. The molecule has 70 valence electrons. The van der Waals surface area contributed by atoms with Gasteiger partial charge in [0.15, 0.2) is 0 Å². The Balaban J connectivity index is 2.36. The summed E-state index contributed by atoms with van der Waals surface area (Å²) in [5, 5.41) is 11.3. The Labute approximate surface area is 81.5 Å². The lowest BCUT2D eigenvalue weighted by atomic mass is 10.2. The lowest BCUT2D eigenvalue weighted by molar-refractivity contribution is 0.880. The second kappa shape index (κ2) is 3.33. The molecule has 1 heterocycles. The van der Waals surface area contributed by atoms with Crippen molar-refractivity contribution in [1.29, 1.82) is 5.41 Å². The van der Waals surface area contributed by atoms with Crippen molar-refractivity contribution >= 4 is 5.84 Å². The third-order valence-electron chi connectivity index (χ3n) is 1.95. The second-order valence-electron chi connectivity index (χ2n) is 2.91. The van der Waals surface area contributed by atoms with Gasteiger partial charge >= 0.3 is 0 Å². The van der Waals surface area contributed by atoms with Crippen LogP contribution in [0.15, 0.2) is 42.7 Å². The molecule has 0 amide bonds. The van der Waals surface area contributed by atoms with E-state index in [1.54, 1.807) is 23.0 Å². The Morgan fingerprint density at radius 1 is 1.29 bits per heavy atom. The van der Waals surface area contributed by atoms with Crippen LogP contribution < -0.4 is 5.73 Å². The van der Waals surface area contributed by atoms with Gasteiger partial charge in [0.2, 0.25) is 0 Å². The molecule has 0 saturated carbocycles. The zero-order valence-electron chi connectivity index (χ0n) is 7.51. The van der Waals surface area contributed by atoms with Crippen molar-refractivity contribution in [2.75, 3.05) is 0 Å². The van der Waals surface area contributed by atoms with Gasteiger partial charge in [-0.05, 0) is 30.3 Å². The molecule has 1 aromatic carbocycles. The average molecular weight is 186 g/mol. The van der Waals surface area contributed by atoms with Crippen LogP contribution >= 0.6 is 0 Å². The number of nitrogen functional groups attached to an aromatic ring is 1. The lowest BCUT2D eigenvalue weighted by Gasteiger charge is -2.02.